The van der Waals surface area contributed by atoms with Gasteiger partial charge in [-0.25, -0.2) is 0 Å². The number of nitrogens with one attached hydrogen (secondary N) is 3. The maximum atomic E-state index is 13.0. The van der Waals surface area contributed by atoms with Crippen LogP contribution in [0.25, 0.3) is 0 Å². The highest BCUT2D eigenvalue weighted by Crippen LogP contribution is 2.34. The van der Waals surface area contributed by atoms with Crippen molar-refractivity contribution in [1.82, 2.24) is 16.0 Å². The molecule has 1 atom stereocenters. The molecule has 3 rings (SSSR count). The number of rotatable bonds is 7. The Bertz CT molecular complexity index is 928. The molecule has 7 heteroatoms. The molecule has 2 aromatic rings. The maximum absolute atomic E-state index is 13.0. The Morgan fingerprint density at radius 2 is 1.93 bits per heavy atom. The molecule has 1 aliphatic rings. The molecule has 2 aromatic carbocycles. The number of hydrogen-bond donors (Lipinski definition) is 3. The zero-order valence-corrected chi connectivity index (χ0v) is 17.6. The molecule has 0 radical (unpaired) electrons. The van der Waals surface area contributed by atoms with Crippen molar-refractivity contribution >= 4 is 23.2 Å². The zero-order chi connectivity index (χ0) is 20.8. The largest absolute Gasteiger partial charge is 0.493 e. The predicted octanol–water partition coefficient (Wildman–Crippen LogP) is 3.20. The van der Waals surface area contributed by atoms with Crippen LogP contribution in [0, 0.1) is 0 Å². The van der Waals surface area contributed by atoms with Crippen molar-refractivity contribution in [2.24, 2.45) is 0 Å². The molecule has 0 saturated heterocycles. The first-order chi connectivity index (χ1) is 14.0. The minimum Gasteiger partial charge on any atom is -0.493 e. The van der Waals surface area contributed by atoms with E-state index in [2.05, 4.69) is 16.0 Å². The van der Waals surface area contributed by atoms with Crippen LogP contribution in [0.15, 0.2) is 59.8 Å². The molecule has 6 nitrogen and oxygen atoms in total. The molecule has 0 saturated carbocycles. The van der Waals surface area contributed by atoms with Crippen LogP contribution in [0.5, 0.6) is 11.5 Å². The smallest absolute Gasteiger partial charge is 0.251 e. The molecule has 1 aliphatic heterocycles. The van der Waals surface area contributed by atoms with Crippen molar-refractivity contribution in [3.05, 3.63) is 70.9 Å². The van der Waals surface area contributed by atoms with Gasteiger partial charge in [-0.3, -0.25) is 4.79 Å². The molecule has 0 unspecified atom stereocenters. The lowest BCUT2D eigenvalue weighted by Crippen LogP contribution is -2.46. The van der Waals surface area contributed by atoms with Gasteiger partial charge in [0.15, 0.2) is 16.6 Å². The van der Waals surface area contributed by atoms with E-state index < -0.39 is 6.04 Å². The number of carbonyl (C=O) groups excluding carboxylic acids is 1. The van der Waals surface area contributed by atoms with Crippen LogP contribution in [0.2, 0.25) is 0 Å². The maximum Gasteiger partial charge on any atom is 0.251 e. The van der Waals surface area contributed by atoms with E-state index in [0.717, 1.165) is 16.8 Å². The van der Waals surface area contributed by atoms with Crippen LogP contribution in [0.4, 0.5) is 0 Å². The van der Waals surface area contributed by atoms with E-state index in [1.54, 1.807) is 7.11 Å². The van der Waals surface area contributed by atoms with E-state index in [0.29, 0.717) is 35.3 Å². The SMILES string of the molecule is CCOc1ccc([C@H]2NC(=S)NC(C)=C2C(=O)NCc2ccccc2)cc1OC. The van der Waals surface area contributed by atoms with E-state index in [9.17, 15) is 4.79 Å². The lowest BCUT2D eigenvalue weighted by molar-refractivity contribution is -0.118. The molecular weight excluding hydrogens is 386 g/mol. The number of allylic oxidation sites excluding steroid dienone is 1. The quantitative estimate of drug-likeness (QED) is 0.608. The molecule has 1 amide bonds. The lowest BCUT2D eigenvalue weighted by Gasteiger charge is -2.30. The summed E-state index contributed by atoms with van der Waals surface area (Å²) in [5.74, 6) is 1.11. The molecule has 29 heavy (non-hydrogen) atoms. The molecule has 3 N–H and O–H groups in total. The van der Waals surface area contributed by atoms with Crippen LogP contribution in [0.3, 0.4) is 0 Å². The van der Waals surface area contributed by atoms with Gasteiger partial charge < -0.3 is 25.4 Å². The summed E-state index contributed by atoms with van der Waals surface area (Å²) in [5, 5.41) is 9.72. The number of methoxy groups -OCH3 is 1. The van der Waals surface area contributed by atoms with Crippen molar-refractivity contribution in [2.45, 2.75) is 26.4 Å². The van der Waals surface area contributed by atoms with Crippen LogP contribution in [-0.2, 0) is 11.3 Å². The molecule has 0 bridgehead atoms. The predicted molar refractivity (Wildman–Crippen MR) is 117 cm³/mol. The van der Waals surface area contributed by atoms with Crippen LogP contribution >= 0.6 is 12.2 Å². The van der Waals surface area contributed by atoms with Gasteiger partial charge in [0.2, 0.25) is 0 Å². The summed E-state index contributed by atoms with van der Waals surface area (Å²) < 4.78 is 11.1. The van der Waals surface area contributed by atoms with Crippen molar-refractivity contribution < 1.29 is 14.3 Å². The second-order valence-electron chi connectivity index (χ2n) is 6.58. The van der Waals surface area contributed by atoms with Gasteiger partial charge in [0, 0.05) is 12.2 Å². The van der Waals surface area contributed by atoms with E-state index >= 15 is 0 Å². The van der Waals surface area contributed by atoms with E-state index in [4.69, 9.17) is 21.7 Å². The minimum atomic E-state index is -0.399. The number of benzene rings is 2. The van der Waals surface area contributed by atoms with E-state index in [1.165, 1.54) is 0 Å². The number of carbonyl (C=O) groups is 1. The van der Waals surface area contributed by atoms with Gasteiger partial charge in [-0.2, -0.15) is 0 Å². The third-order valence-corrected chi connectivity index (χ3v) is 4.85. The standard InChI is InChI=1S/C22H25N3O3S/c1-4-28-17-11-10-16(12-18(17)27-3)20-19(14(2)24-22(29)25-20)21(26)23-13-15-8-6-5-7-9-15/h5-12,20H,4,13H2,1-3H3,(H,23,26)(H2,24,25,29)/t20-/m1/s1. The Hall–Kier alpha value is -3.06. The average molecular weight is 412 g/mol. The topological polar surface area (TPSA) is 71.6 Å². The van der Waals surface area contributed by atoms with Gasteiger partial charge in [-0.1, -0.05) is 36.4 Å². The summed E-state index contributed by atoms with van der Waals surface area (Å²) in [6.07, 6.45) is 0. The van der Waals surface area contributed by atoms with Crippen molar-refractivity contribution in [3.8, 4) is 11.5 Å². The zero-order valence-electron chi connectivity index (χ0n) is 16.7. The van der Waals surface area contributed by atoms with Crippen LogP contribution in [0.1, 0.15) is 31.0 Å². The highest BCUT2D eigenvalue weighted by atomic mass is 32.1. The Balaban J connectivity index is 1.88. The average Bonchev–Trinajstić information content (AvgIpc) is 2.72. The number of ether oxygens (including phenoxy) is 2. The highest BCUT2D eigenvalue weighted by Gasteiger charge is 2.30. The second kappa shape index (κ2) is 9.43. The Morgan fingerprint density at radius 3 is 2.62 bits per heavy atom. The normalized spacial score (nSPS) is 16.0. The van der Waals surface area contributed by atoms with Gasteiger partial charge in [-0.15, -0.1) is 0 Å². The van der Waals surface area contributed by atoms with Gasteiger partial charge >= 0.3 is 0 Å². The molecule has 0 aromatic heterocycles. The minimum absolute atomic E-state index is 0.160. The summed E-state index contributed by atoms with van der Waals surface area (Å²) in [6, 6.07) is 15.0. The summed E-state index contributed by atoms with van der Waals surface area (Å²) >= 11 is 5.33. The molecule has 0 aliphatic carbocycles. The Kier molecular flexibility index (Phi) is 6.72. The van der Waals surface area contributed by atoms with Gasteiger partial charge in [-0.05, 0) is 49.3 Å². The molecule has 0 spiro atoms. The summed E-state index contributed by atoms with van der Waals surface area (Å²) in [4.78, 5) is 13.0. The fraction of sp³-hybridized carbons (Fsp3) is 0.273. The van der Waals surface area contributed by atoms with E-state index in [-0.39, 0.29) is 5.91 Å². The van der Waals surface area contributed by atoms with Gasteiger partial charge in [0.05, 0.1) is 25.3 Å². The molecular formula is C22H25N3O3S. The van der Waals surface area contributed by atoms with Crippen LogP contribution in [-0.4, -0.2) is 24.7 Å². The fourth-order valence-electron chi connectivity index (χ4n) is 3.26. The first-order valence-electron chi connectivity index (χ1n) is 9.44. The lowest BCUT2D eigenvalue weighted by atomic mass is 9.94. The third-order valence-electron chi connectivity index (χ3n) is 4.63. The number of hydrogen-bond acceptors (Lipinski definition) is 4. The summed E-state index contributed by atoms with van der Waals surface area (Å²) in [7, 11) is 1.59. The van der Waals surface area contributed by atoms with Gasteiger partial charge in [0.1, 0.15) is 0 Å². The highest BCUT2D eigenvalue weighted by molar-refractivity contribution is 7.80. The number of thiocarbonyl (C=S) groups is 1. The van der Waals surface area contributed by atoms with Crippen molar-refractivity contribution in [3.63, 3.8) is 0 Å². The summed E-state index contributed by atoms with van der Waals surface area (Å²) in [5.41, 5.74) is 3.20. The third kappa shape index (κ3) is 4.86. The van der Waals surface area contributed by atoms with Crippen molar-refractivity contribution in [1.29, 1.82) is 0 Å². The fourth-order valence-corrected chi connectivity index (χ4v) is 3.53. The Labute approximate surface area is 176 Å². The second-order valence-corrected chi connectivity index (χ2v) is 6.99. The first-order valence-corrected chi connectivity index (χ1v) is 9.85. The monoisotopic (exact) mass is 411 g/mol. The van der Waals surface area contributed by atoms with Crippen molar-refractivity contribution in [2.75, 3.05) is 13.7 Å². The Morgan fingerprint density at radius 1 is 1.17 bits per heavy atom. The molecule has 0 fully saturated rings. The first kappa shape index (κ1) is 20.7. The molecule has 1 heterocycles. The van der Waals surface area contributed by atoms with Gasteiger partial charge in [0.25, 0.3) is 5.91 Å². The summed E-state index contributed by atoms with van der Waals surface area (Å²) in [6.45, 7) is 4.75. The number of amides is 1. The molecule has 152 valence electrons. The van der Waals surface area contributed by atoms with Crippen LogP contribution < -0.4 is 25.4 Å². The van der Waals surface area contributed by atoms with E-state index in [1.807, 2.05) is 62.4 Å².